The number of rotatable bonds is 4. The van der Waals surface area contributed by atoms with Gasteiger partial charge >= 0.3 is 0 Å². The van der Waals surface area contributed by atoms with Crippen LogP contribution in [0.4, 0.5) is 5.82 Å². The summed E-state index contributed by atoms with van der Waals surface area (Å²) in [6.45, 7) is 10.6. The lowest BCUT2D eigenvalue weighted by Gasteiger charge is -2.19. The van der Waals surface area contributed by atoms with Gasteiger partial charge in [0.2, 0.25) is 0 Å². The fourth-order valence-electron chi connectivity index (χ4n) is 3.17. The van der Waals surface area contributed by atoms with E-state index in [2.05, 4.69) is 54.5 Å². The standard InChI is InChI=1S/C21H25N7/c1-14(17-13-27(21(3,4)5)25-15(17)2)22-18-11-12-19-23-24-20(28(19)26-18)16-9-7-6-8-10-16/h6-14H,1-5H3,(H,22,26). The Kier molecular flexibility index (Phi) is 4.37. The largest absolute Gasteiger partial charge is 0.362 e. The topological polar surface area (TPSA) is 72.9 Å². The maximum Gasteiger partial charge on any atom is 0.185 e. The molecule has 7 heteroatoms. The van der Waals surface area contributed by atoms with Gasteiger partial charge in [-0.05, 0) is 46.8 Å². The summed E-state index contributed by atoms with van der Waals surface area (Å²) in [5.41, 5.74) is 3.82. The first-order valence-corrected chi connectivity index (χ1v) is 9.44. The first kappa shape index (κ1) is 18.2. The van der Waals surface area contributed by atoms with Crippen LogP contribution < -0.4 is 5.32 Å². The highest BCUT2D eigenvalue weighted by Crippen LogP contribution is 2.24. The van der Waals surface area contributed by atoms with Gasteiger partial charge in [-0.15, -0.1) is 15.3 Å². The van der Waals surface area contributed by atoms with Gasteiger partial charge in [0, 0.05) is 17.3 Å². The van der Waals surface area contributed by atoms with Gasteiger partial charge in [0.1, 0.15) is 5.82 Å². The second-order valence-electron chi connectivity index (χ2n) is 8.03. The minimum atomic E-state index is -0.0487. The summed E-state index contributed by atoms with van der Waals surface area (Å²) in [4.78, 5) is 0. The Hall–Kier alpha value is -3.22. The summed E-state index contributed by atoms with van der Waals surface area (Å²) < 4.78 is 3.79. The molecule has 0 saturated carbocycles. The van der Waals surface area contributed by atoms with E-state index < -0.39 is 0 Å². The summed E-state index contributed by atoms with van der Waals surface area (Å²) in [5, 5.41) is 21.4. The molecule has 3 heterocycles. The lowest BCUT2D eigenvalue weighted by molar-refractivity contribution is 0.354. The second-order valence-corrected chi connectivity index (χ2v) is 8.03. The monoisotopic (exact) mass is 375 g/mol. The maximum absolute atomic E-state index is 4.72. The van der Waals surface area contributed by atoms with Gasteiger partial charge in [-0.2, -0.15) is 9.61 Å². The van der Waals surface area contributed by atoms with Crippen LogP contribution in [-0.4, -0.2) is 29.6 Å². The lowest BCUT2D eigenvalue weighted by atomic mass is 10.1. The van der Waals surface area contributed by atoms with E-state index in [1.165, 1.54) is 0 Å². The van der Waals surface area contributed by atoms with Gasteiger partial charge in [0.05, 0.1) is 17.3 Å². The Bertz CT molecular complexity index is 1100. The molecule has 3 aromatic heterocycles. The van der Waals surface area contributed by atoms with Gasteiger partial charge in [-0.3, -0.25) is 4.68 Å². The number of aromatic nitrogens is 6. The number of hydrogen-bond acceptors (Lipinski definition) is 5. The van der Waals surface area contributed by atoms with Crippen LogP contribution in [-0.2, 0) is 5.54 Å². The zero-order chi connectivity index (χ0) is 19.9. The molecule has 1 atom stereocenters. The number of aryl methyl sites for hydroxylation is 1. The Balaban J connectivity index is 1.64. The van der Waals surface area contributed by atoms with Crippen molar-refractivity contribution in [1.82, 2.24) is 29.6 Å². The highest BCUT2D eigenvalue weighted by Gasteiger charge is 2.19. The summed E-state index contributed by atoms with van der Waals surface area (Å²) in [7, 11) is 0. The molecule has 0 spiro atoms. The molecule has 1 aromatic carbocycles. The minimum Gasteiger partial charge on any atom is -0.362 e. The molecule has 0 saturated heterocycles. The van der Waals surface area contributed by atoms with Crippen LogP contribution in [0, 0.1) is 6.92 Å². The third-order valence-electron chi connectivity index (χ3n) is 4.75. The fraction of sp³-hybridized carbons (Fsp3) is 0.333. The molecule has 0 aliphatic rings. The highest BCUT2D eigenvalue weighted by atomic mass is 15.4. The molecule has 0 aliphatic heterocycles. The van der Waals surface area contributed by atoms with Gasteiger partial charge in [-0.25, -0.2) is 0 Å². The van der Waals surface area contributed by atoms with Crippen LogP contribution in [0.25, 0.3) is 17.0 Å². The van der Waals surface area contributed by atoms with E-state index in [0.717, 1.165) is 28.5 Å². The van der Waals surface area contributed by atoms with E-state index in [0.29, 0.717) is 5.65 Å². The summed E-state index contributed by atoms with van der Waals surface area (Å²) in [5.74, 6) is 1.49. The average molecular weight is 375 g/mol. The molecule has 4 aromatic rings. The number of hydrogen-bond donors (Lipinski definition) is 1. The zero-order valence-corrected chi connectivity index (χ0v) is 16.9. The second kappa shape index (κ2) is 6.74. The molecule has 1 unspecified atom stereocenters. The van der Waals surface area contributed by atoms with Gasteiger partial charge in [-0.1, -0.05) is 30.3 Å². The van der Waals surface area contributed by atoms with Crippen molar-refractivity contribution in [2.75, 3.05) is 5.32 Å². The Morgan fingerprint density at radius 1 is 0.964 bits per heavy atom. The van der Waals surface area contributed by atoms with Crippen molar-refractivity contribution in [2.45, 2.75) is 46.2 Å². The Morgan fingerprint density at radius 2 is 1.71 bits per heavy atom. The maximum atomic E-state index is 4.72. The van der Waals surface area contributed by atoms with E-state index in [1.807, 2.05) is 54.1 Å². The fourth-order valence-corrected chi connectivity index (χ4v) is 3.17. The molecule has 0 amide bonds. The lowest BCUT2D eigenvalue weighted by Crippen LogP contribution is -2.22. The quantitative estimate of drug-likeness (QED) is 0.578. The van der Waals surface area contributed by atoms with E-state index in [9.17, 15) is 0 Å². The van der Waals surface area contributed by atoms with Crippen LogP contribution in [0.2, 0.25) is 0 Å². The van der Waals surface area contributed by atoms with Gasteiger partial charge < -0.3 is 5.32 Å². The third-order valence-corrected chi connectivity index (χ3v) is 4.75. The molecule has 1 N–H and O–H groups in total. The van der Waals surface area contributed by atoms with Crippen molar-refractivity contribution >= 4 is 11.5 Å². The van der Waals surface area contributed by atoms with Gasteiger partial charge in [0.15, 0.2) is 11.5 Å². The average Bonchev–Trinajstić information content (AvgIpc) is 3.25. The third kappa shape index (κ3) is 3.35. The van der Waals surface area contributed by atoms with Crippen LogP contribution in [0.15, 0.2) is 48.7 Å². The van der Waals surface area contributed by atoms with Crippen LogP contribution >= 0.6 is 0 Å². The van der Waals surface area contributed by atoms with Crippen molar-refractivity contribution in [3.05, 3.63) is 59.9 Å². The number of fused-ring (bicyclic) bond motifs is 1. The van der Waals surface area contributed by atoms with Crippen LogP contribution in [0.3, 0.4) is 0 Å². The first-order valence-electron chi connectivity index (χ1n) is 9.44. The molecule has 4 rings (SSSR count). The molecule has 0 fully saturated rings. The summed E-state index contributed by atoms with van der Waals surface area (Å²) in [6, 6.07) is 13.9. The van der Waals surface area contributed by atoms with E-state index >= 15 is 0 Å². The Labute approximate surface area is 164 Å². The molecule has 7 nitrogen and oxygen atoms in total. The van der Waals surface area contributed by atoms with E-state index in [1.54, 1.807) is 4.52 Å². The SMILES string of the molecule is Cc1nn(C(C)(C)C)cc1C(C)Nc1ccc2nnc(-c3ccccc3)n2n1. The normalized spacial score (nSPS) is 13.0. The van der Waals surface area contributed by atoms with Crippen molar-refractivity contribution in [3.8, 4) is 11.4 Å². The van der Waals surface area contributed by atoms with Crippen LogP contribution in [0.1, 0.15) is 45.0 Å². The summed E-state index contributed by atoms with van der Waals surface area (Å²) in [6.07, 6.45) is 2.11. The van der Waals surface area contributed by atoms with Gasteiger partial charge in [0.25, 0.3) is 0 Å². The molecular formula is C21H25N7. The molecular weight excluding hydrogens is 350 g/mol. The predicted molar refractivity (Wildman–Crippen MR) is 110 cm³/mol. The summed E-state index contributed by atoms with van der Waals surface area (Å²) >= 11 is 0. The molecule has 0 aliphatic carbocycles. The zero-order valence-electron chi connectivity index (χ0n) is 16.9. The van der Waals surface area contributed by atoms with E-state index in [4.69, 9.17) is 5.10 Å². The van der Waals surface area contributed by atoms with Crippen molar-refractivity contribution < 1.29 is 0 Å². The smallest absolute Gasteiger partial charge is 0.185 e. The van der Waals surface area contributed by atoms with Crippen molar-refractivity contribution in [3.63, 3.8) is 0 Å². The predicted octanol–water partition coefficient (Wildman–Crippen LogP) is 4.22. The highest BCUT2D eigenvalue weighted by molar-refractivity contribution is 5.59. The van der Waals surface area contributed by atoms with Crippen LogP contribution in [0.5, 0.6) is 0 Å². The number of benzene rings is 1. The molecule has 144 valence electrons. The molecule has 0 radical (unpaired) electrons. The first-order chi connectivity index (χ1) is 13.3. The minimum absolute atomic E-state index is 0.0487. The molecule has 0 bridgehead atoms. The molecule has 28 heavy (non-hydrogen) atoms. The Morgan fingerprint density at radius 3 is 2.39 bits per heavy atom. The number of nitrogens with one attached hydrogen (secondary N) is 1. The number of anilines is 1. The van der Waals surface area contributed by atoms with Crippen molar-refractivity contribution in [1.29, 1.82) is 0 Å². The van der Waals surface area contributed by atoms with E-state index in [-0.39, 0.29) is 11.6 Å². The number of nitrogens with zero attached hydrogens (tertiary/aromatic N) is 6. The van der Waals surface area contributed by atoms with Crippen molar-refractivity contribution in [2.24, 2.45) is 0 Å².